The topological polar surface area (TPSA) is 67.3 Å². The largest absolute Gasteiger partial charge is 0.444 e. The Bertz CT molecular complexity index is 487. The lowest BCUT2D eigenvalue weighted by atomic mass is 10.1. The van der Waals surface area contributed by atoms with Crippen LogP contribution in [0.2, 0.25) is 5.15 Å². The number of carbonyl (C=O) groups excluding carboxylic acids is 1. The van der Waals surface area contributed by atoms with E-state index < -0.39 is 5.60 Å². The van der Waals surface area contributed by atoms with Gasteiger partial charge in [0.2, 0.25) is 0 Å². The Hall–Kier alpha value is -1.56. The van der Waals surface area contributed by atoms with Crippen LogP contribution in [0.5, 0.6) is 0 Å². The number of amides is 1. The third-order valence-corrected chi connectivity index (χ3v) is 3.24. The first-order chi connectivity index (χ1) is 9.83. The van der Waals surface area contributed by atoms with Crippen LogP contribution in [0, 0.1) is 0 Å². The number of nitrogens with zero attached hydrogens (tertiary/aromatic N) is 3. The lowest BCUT2D eigenvalue weighted by Gasteiger charge is -2.34. The SMILES string of the molecule is CC(C)(C)OC(=O)N1CCC[C@@H](Nc2cnc(Cl)cn2)C1. The summed E-state index contributed by atoms with van der Waals surface area (Å²) in [6, 6.07) is 0.141. The van der Waals surface area contributed by atoms with E-state index in [9.17, 15) is 4.79 Å². The molecular formula is C14H21ClN4O2. The van der Waals surface area contributed by atoms with E-state index in [1.54, 1.807) is 11.1 Å². The van der Waals surface area contributed by atoms with E-state index >= 15 is 0 Å². The van der Waals surface area contributed by atoms with E-state index in [4.69, 9.17) is 16.3 Å². The van der Waals surface area contributed by atoms with E-state index in [1.807, 2.05) is 20.8 Å². The first kappa shape index (κ1) is 15.8. The molecule has 0 unspecified atom stereocenters. The van der Waals surface area contributed by atoms with Gasteiger partial charge in [-0.25, -0.2) is 14.8 Å². The molecule has 0 radical (unpaired) electrons. The van der Waals surface area contributed by atoms with E-state index in [0.717, 1.165) is 19.4 Å². The molecule has 2 rings (SSSR count). The second-order valence-corrected chi connectivity index (χ2v) is 6.52. The van der Waals surface area contributed by atoms with Gasteiger partial charge >= 0.3 is 6.09 Å². The predicted molar refractivity (Wildman–Crippen MR) is 81.5 cm³/mol. The third-order valence-electron chi connectivity index (χ3n) is 3.05. The maximum Gasteiger partial charge on any atom is 0.410 e. The summed E-state index contributed by atoms with van der Waals surface area (Å²) in [7, 11) is 0. The van der Waals surface area contributed by atoms with Gasteiger partial charge in [0.25, 0.3) is 0 Å². The van der Waals surface area contributed by atoms with Gasteiger partial charge in [0.15, 0.2) is 0 Å². The van der Waals surface area contributed by atoms with Crippen molar-refractivity contribution in [3.63, 3.8) is 0 Å². The number of aromatic nitrogens is 2. The summed E-state index contributed by atoms with van der Waals surface area (Å²) in [4.78, 5) is 22.0. The molecule has 1 N–H and O–H groups in total. The van der Waals surface area contributed by atoms with Crippen molar-refractivity contribution in [1.29, 1.82) is 0 Å². The van der Waals surface area contributed by atoms with Gasteiger partial charge < -0.3 is 15.0 Å². The van der Waals surface area contributed by atoms with Crippen LogP contribution in [0.1, 0.15) is 33.6 Å². The van der Waals surface area contributed by atoms with Crippen molar-refractivity contribution in [2.45, 2.75) is 45.3 Å². The van der Waals surface area contributed by atoms with Crippen LogP contribution in [0.4, 0.5) is 10.6 Å². The van der Waals surface area contributed by atoms with Gasteiger partial charge in [0.1, 0.15) is 16.6 Å². The average Bonchev–Trinajstić information content (AvgIpc) is 2.40. The minimum atomic E-state index is -0.473. The van der Waals surface area contributed by atoms with E-state index in [0.29, 0.717) is 17.5 Å². The molecule has 116 valence electrons. The molecule has 0 aliphatic carbocycles. The molecule has 1 amide bonds. The molecule has 1 saturated heterocycles. The fourth-order valence-corrected chi connectivity index (χ4v) is 2.28. The van der Waals surface area contributed by atoms with Crippen LogP contribution < -0.4 is 5.32 Å². The predicted octanol–water partition coefficient (Wildman–Crippen LogP) is 2.94. The minimum Gasteiger partial charge on any atom is -0.444 e. The van der Waals surface area contributed by atoms with Gasteiger partial charge in [0, 0.05) is 19.1 Å². The van der Waals surface area contributed by atoms with Crippen LogP contribution in [0.15, 0.2) is 12.4 Å². The van der Waals surface area contributed by atoms with Crippen LogP contribution in [-0.4, -0.2) is 45.7 Å². The molecule has 1 fully saturated rings. The number of hydrogen-bond acceptors (Lipinski definition) is 5. The monoisotopic (exact) mass is 312 g/mol. The van der Waals surface area contributed by atoms with E-state index in [1.165, 1.54) is 6.20 Å². The van der Waals surface area contributed by atoms with Gasteiger partial charge in [-0.2, -0.15) is 0 Å². The van der Waals surface area contributed by atoms with Crippen molar-refractivity contribution in [3.8, 4) is 0 Å². The van der Waals surface area contributed by atoms with Crippen molar-refractivity contribution in [2.75, 3.05) is 18.4 Å². The number of nitrogens with one attached hydrogen (secondary N) is 1. The van der Waals surface area contributed by atoms with Gasteiger partial charge in [-0.1, -0.05) is 11.6 Å². The molecule has 0 saturated carbocycles. The zero-order chi connectivity index (χ0) is 15.5. The van der Waals surface area contributed by atoms with Crippen molar-refractivity contribution in [1.82, 2.24) is 14.9 Å². The Morgan fingerprint density at radius 3 is 2.81 bits per heavy atom. The lowest BCUT2D eigenvalue weighted by molar-refractivity contribution is 0.0206. The number of piperidine rings is 1. The smallest absolute Gasteiger partial charge is 0.410 e. The number of ether oxygens (including phenoxy) is 1. The molecule has 0 spiro atoms. The molecule has 0 bridgehead atoms. The standard InChI is InChI=1S/C14H21ClN4O2/c1-14(2,3)21-13(20)19-6-4-5-10(9-19)18-12-8-16-11(15)7-17-12/h7-8,10H,4-6,9H2,1-3H3,(H,17,18)/t10-/m1/s1. The Balaban J connectivity index is 1.91. The number of carbonyl (C=O) groups is 1. The molecule has 1 aliphatic heterocycles. The Labute approximate surface area is 129 Å². The highest BCUT2D eigenvalue weighted by molar-refractivity contribution is 6.29. The minimum absolute atomic E-state index is 0.141. The summed E-state index contributed by atoms with van der Waals surface area (Å²) < 4.78 is 5.41. The summed E-state index contributed by atoms with van der Waals surface area (Å²) >= 11 is 5.71. The van der Waals surface area contributed by atoms with Gasteiger partial charge in [-0.15, -0.1) is 0 Å². The van der Waals surface area contributed by atoms with Crippen LogP contribution in [0.25, 0.3) is 0 Å². The molecule has 7 heteroatoms. The zero-order valence-electron chi connectivity index (χ0n) is 12.6. The van der Waals surface area contributed by atoms with Crippen LogP contribution >= 0.6 is 11.6 Å². The molecule has 0 aromatic carbocycles. The fourth-order valence-electron chi connectivity index (χ4n) is 2.18. The molecule has 1 atom stereocenters. The number of hydrogen-bond donors (Lipinski definition) is 1. The normalized spacial score (nSPS) is 19.2. The highest BCUT2D eigenvalue weighted by Gasteiger charge is 2.27. The quantitative estimate of drug-likeness (QED) is 0.909. The molecular weight excluding hydrogens is 292 g/mol. The molecule has 1 aromatic rings. The summed E-state index contributed by atoms with van der Waals surface area (Å²) in [6.45, 7) is 6.92. The summed E-state index contributed by atoms with van der Waals surface area (Å²) in [5, 5.41) is 3.63. The van der Waals surface area contributed by atoms with Crippen LogP contribution in [-0.2, 0) is 4.74 Å². The fraction of sp³-hybridized carbons (Fsp3) is 0.643. The van der Waals surface area contributed by atoms with Gasteiger partial charge in [-0.05, 0) is 33.6 Å². The summed E-state index contributed by atoms with van der Waals surface area (Å²) in [6.07, 6.45) is 4.73. The number of anilines is 1. The van der Waals surface area contributed by atoms with Crippen molar-refractivity contribution in [2.24, 2.45) is 0 Å². The van der Waals surface area contributed by atoms with Crippen molar-refractivity contribution < 1.29 is 9.53 Å². The second-order valence-electron chi connectivity index (χ2n) is 6.13. The number of rotatable bonds is 2. The first-order valence-corrected chi connectivity index (χ1v) is 7.43. The molecule has 1 aliphatic rings. The van der Waals surface area contributed by atoms with Gasteiger partial charge in [0.05, 0.1) is 12.4 Å². The third kappa shape index (κ3) is 5.04. The molecule has 6 nitrogen and oxygen atoms in total. The average molecular weight is 313 g/mol. The van der Waals surface area contributed by atoms with E-state index in [2.05, 4.69) is 15.3 Å². The Kier molecular flexibility index (Phi) is 4.88. The molecule has 21 heavy (non-hydrogen) atoms. The van der Waals surface area contributed by atoms with Crippen molar-refractivity contribution in [3.05, 3.63) is 17.5 Å². The molecule has 1 aromatic heterocycles. The lowest BCUT2D eigenvalue weighted by Crippen LogP contribution is -2.47. The second kappa shape index (κ2) is 6.47. The van der Waals surface area contributed by atoms with E-state index in [-0.39, 0.29) is 12.1 Å². The maximum absolute atomic E-state index is 12.1. The highest BCUT2D eigenvalue weighted by Crippen LogP contribution is 2.18. The maximum atomic E-state index is 12.1. The number of halogens is 1. The van der Waals surface area contributed by atoms with Gasteiger partial charge in [-0.3, -0.25) is 0 Å². The highest BCUT2D eigenvalue weighted by atomic mass is 35.5. The zero-order valence-corrected chi connectivity index (χ0v) is 13.4. The summed E-state index contributed by atoms with van der Waals surface area (Å²) in [5.41, 5.74) is -0.473. The first-order valence-electron chi connectivity index (χ1n) is 7.05. The Morgan fingerprint density at radius 1 is 1.43 bits per heavy atom. The van der Waals surface area contributed by atoms with Crippen LogP contribution in [0.3, 0.4) is 0 Å². The van der Waals surface area contributed by atoms with Crippen molar-refractivity contribution >= 4 is 23.5 Å². The summed E-state index contributed by atoms with van der Waals surface area (Å²) in [5.74, 6) is 0.662. The number of likely N-dealkylation sites (tertiary alicyclic amines) is 1. The molecule has 2 heterocycles. The Morgan fingerprint density at radius 2 is 2.19 bits per heavy atom.